The Labute approximate surface area is 144 Å². The van der Waals surface area contributed by atoms with Crippen molar-refractivity contribution in [2.24, 2.45) is 0 Å². The number of carbonyl (C=O) groups is 1. The van der Waals surface area contributed by atoms with Crippen molar-refractivity contribution in [1.29, 1.82) is 0 Å². The van der Waals surface area contributed by atoms with Gasteiger partial charge in [-0.1, -0.05) is 48.5 Å². The largest absolute Gasteiger partial charge is 0.319 e. The van der Waals surface area contributed by atoms with Crippen molar-refractivity contribution in [3.05, 3.63) is 84.8 Å². The van der Waals surface area contributed by atoms with Gasteiger partial charge in [0.2, 0.25) is 0 Å². The summed E-state index contributed by atoms with van der Waals surface area (Å²) < 4.78 is 0. The predicted octanol–water partition coefficient (Wildman–Crippen LogP) is 3.94. The number of hydrogen-bond donors (Lipinski definition) is 1. The summed E-state index contributed by atoms with van der Waals surface area (Å²) in [6.45, 7) is 0. The van der Waals surface area contributed by atoms with E-state index in [0.717, 1.165) is 16.5 Å². The summed E-state index contributed by atoms with van der Waals surface area (Å²) in [6, 6.07) is 18.9. The predicted molar refractivity (Wildman–Crippen MR) is 97.2 cm³/mol. The van der Waals surface area contributed by atoms with Crippen LogP contribution in [0.3, 0.4) is 0 Å². The molecule has 5 nitrogen and oxygen atoms in total. The summed E-state index contributed by atoms with van der Waals surface area (Å²) in [5, 5.41) is 3.65. The Hall–Kier alpha value is -3.60. The van der Waals surface area contributed by atoms with E-state index in [1.54, 1.807) is 24.7 Å². The number of nitrogens with zero attached hydrogens (tertiary/aromatic N) is 3. The van der Waals surface area contributed by atoms with Gasteiger partial charge >= 0.3 is 0 Å². The van der Waals surface area contributed by atoms with E-state index >= 15 is 0 Å². The maximum atomic E-state index is 12.6. The molecule has 4 aromatic rings. The van der Waals surface area contributed by atoms with E-state index in [4.69, 9.17) is 0 Å². The van der Waals surface area contributed by atoms with Gasteiger partial charge in [0, 0.05) is 17.1 Å². The molecule has 2 heterocycles. The van der Waals surface area contributed by atoms with E-state index < -0.39 is 0 Å². The number of amides is 1. The molecule has 1 amide bonds. The van der Waals surface area contributed by atoms with Gasteiger partial charge < -0.3 is 5.32 Å². The topological polar surface area (TPSA) is 67.8 Å². The number of pyridine rings is 1. The molecule has 2 aromatic carbocycles. The quantitative estimate of drug-likeness (QED) is 0.619. The molecule has 0 aliphatic carbocycles. The third-order valence-corrected chi connectivity index (χ3v) is 3.84. The zero-order valence-corrected chi connectivity index (χ0v) is 13.3. The van der Waals surface area contributed by atoms with Gasteiger partial charge in [-0.2, -0.15) is 0 Å². The van der Waals surface area contributed by atoms with E-state index in [-0.39, 0.29) is 5.91 Å². The molecule has 0 radical (unpaired) electrons. The molecule has 0 fully saturated rings. The number of carbonyl (C=O) groups excluding carboxylic acids is 1. The first-order valence-corrected chi connectivity index (χ1v) is 7.84. The minimum atomic E-state index is -0.213. The third-order valence-electron chi connectivity index (χ3n) is 3.84. The molecule has 0 spiro atoms. The van der Waals surface area contributed by atoms with Crippen LogP contribution in [0, 0.1) is 0 Å². The van der Waals surface area contributed by atoms with Gasteiger partial charge in [0.15, 0.2) is 5.82 Å². The third kappa shape index (κ3) is 3.07. The van der Waals surface area contributed by atoms with Crippen molar-refractivity contribution < 1.29 is 4.79 Å². The number of rotatable bonds is 3. The molecule has 0 unspecified atom stereocenters. The minimum Gasteiger partial charge on any atom is -0.319 e. The number of aromatic nitrogens is 3. The van der Waals surface area contributed by atoms with Gasteiger partial charge in [-0.25, -0.2) is 9.97 Å². The van der Waals surface area contributed by atoms with E-state index in [9.17, 15) is 4.79 Å². The maximum absolute atomic E-state index is 12.6. The van der Waals surface area contributed by atoms with Crippen LogP contribution < -0.4 is 5.32 Å². The van der Waals surface area contributed by atoms with Gasteiger partial charge in [0.25, 0.3) is 5.91 Å². The first-order chi connectivity index (χ1) is 12.3. The Balaban J connectivity index is 1.58. The standard InChI is InChI=1S/C20H14N4O/c25-20(17-10-11-21-18-9-5-4-8-16(17)18)24-15-12-22-19(23-13-15)14-6-2-1-3-7-14/h1-13H,(H,24,25). The lowest BCUT2D eigenvalue weighted by Crippen LogP contribution is -2.13. The number of anilines is 1. The molecule has 120 valence electrons. The molecule has 2 aromatic heterocycles. The second-order valence-corrected chi connectivity index (χ2v) is 5.49. The van der Waals surface area contributed by atoms with Crippen LogP contribution in [0.25, 0.3) is 22.3 Å². The molecule has 0 saturated carbocycles. The number of nitrogens with one attached hydrogen (secondary N) is 1. The van der Waals surface area contributed by atoms with Crippen LogP contribution in [0.4, 0.5) is 5.69 Å². The highest BCUT2D eigenvalue weighted by atomic mass is 16.1. The van der Waals surface area contributed by atoms with E-state index in [1.165, 1.54) is 0 Å². The zero-order valence-electron chi connectivity index (χ0n) is 13.3. The van der Waals surface area contributed by atoms with Crippen molar-refractivity contribution in [3.8, 4) is 11.4 Å². The molecule has 1 N–H and O–H groups in total. The zero-order chi connectivity index (χ0) is 17.1. The molecule has 0 saturated heterocycles. The van der Waals surface area contributed by atoms with Gasteiger partial charge in [0.05, 0.1) is 29.2 Å². The van der Waals surface area contributed by atoms with E-state index in [2.05, 4.69) is 20.3 Å². The van der Waals surface area contributed by atoms with Crippen molar-refractivity contribution in [3.63, 3.8) is 0 Å². The van der Waals surface area contributed by atoms with Crippen LogP contribution in [0.5, 0.6) is 0 Å². The Kier molecular flexibility index (Phi) is 3.88. The SMILES string of the molecule is O=C(Nc1cnc(-c2ccccc2)nc1)c1ccnc2ccccc12. The van der Waals surface area contributed by atoms with Crippen LogP contribution in [-0.2, 0) is 0 Å². The number of hydrogen-bond acceptors (Lipinski definition) is 4. The summed E-state index contributed by atoms with van der Waals surface area (Å²) in [5.41, 5.74) is 2.83. The molecule has 0 aliphatic rings. The van der Waals surface area contributed by atoms with Crippen molar-refractivity contribution in [1.82, 2.24) is 15.0 Å². The van der Waals surface area contributed by atoms with Crippen LogP contribution >= 0.6 is 0 Å². The second kappa shape index (κ2) is 6.49. The normalized spacial score (nSPS) is 10.6. The fourth-order valence-corrected chi connectivity index (χ4v) is 2.62. The molecular formula is C20H14N4O. The van der Waals surface area contributed by atoms with Gasteiger partial charge in [0.1, 0.15) is 0 Å². The highest BCUT2D eigenvalue weighted by Gasteiger charge is 2.11. The van der Waals surface area contributed by atoms with Gasteiger partial charge in [-0.05, 0) is 12.1 Å². The molecule has 0 bridgehead atoms. The molecule has 4 rings (SSSR count). The van der Waals surface area contributed by atoms with Gasteiger partial charge in [-0.3, -0.25) is 9.78 Å². The Morgan fingerprint density at radius 2 is 1.52 bits per heavy atom. The fraction of sp³-hybridized carbons (Fsp3) is 0. The minimum absolute atomic E-state index is 0.213. The first-order valence-electron chi connectivity index (χ1n) is 7.84. The summed E-state index contributed by atoms with van der Waals surface area (Å²) in [5.74, 6) is 0.405. The van der Waals surface area contributed by atoms with Crippen molar-refractivity contribution in [2.75, 3.05) is 5.32 Å². The van der Waals surface area contributed by atoms with Gasteiger partial charge in [-0.15, -0.1) is 0 Å². The smallest absolute Gasteiger partial charge is 0.256 e. The molecule has 25 heavy (non-hydrogen) atoms. The summed E-state index contributed by atoms with van der Waals surface area (Å²) in [4.78, 5) is 25.5. The first kappa shape index (κ1) is 15.0. The summed E-state index contributed by atoms with van der Waals surface area (Å²) in [7, 11) is 0. The summed E-state index contributed by atoms with van der Waals surface area (Å²) in [6.07, 6.45) is 4.85. The fourth-order valence-electron chi connectivity index (χ4n) is 2.62. The Morgan fingerprint density at radius 1 is 0.800 bits per heavy atom. The van der Waals surface area contributed by atoms with Crippen LogP contribution in [0.15, 0.2) is 79.3 Å². The highest BCUT2D eigenvalue weighted by molar-refractivity contribution is 6.12. The molecule has 0 atom stereocenters. The lowest BCUT2D eigenvalue weighted by Gasteiger charge is -2.08. The average Bonchev–Trinajstić information content (AvgIpc) is 2.69. The average molecular weight is 326 g/mol. The van der Waals surface area contributed by atoms with E-state index in [1.807, 2.05) is 54.6 Å². The maximum Gasteiger partial charge on any atom is 0.256 e. The summed E-state index contributed by atoms with van der Waals surface area (Å²) >= 11 is 0. The number of benzene rings is 2. The number of fused-ring (bicyclic) bond motifs is 1. The lowest BCUT2D eigenvalue weighted by molar-refractivity contribution is 0.102. The Bertz CT molecular complexity index is 1020. The monoisotopic (exact) mass is 326 g/mol. The van der Waals surface area contributed by atoms with E-state index in [0.29, 0.717) is 17.1 Å². The van der Waals surface area contributed by atoms with Crippen LogP contribution in [0.1, 0.15) is 10.4 Å². The van der Waals surface area contributed by atoms with Crippen molar-refractivity contribution >= 4 is 22.5 Å². The molecule has 0 aliphatic heterocycles. The number of para-hydroxylation sites is 1. The molecular weight excluding hydrogens is 312 g/mol. The highest BCUT2D eigenvalue weighted by Crippen LogP contribution is 2.19. The molecule has 5 heteroatoms. The second-order valence-electron chi connectivity index (χ2n) is 5.49. The Morgan fingerprint density at radius 3 is 2.32 bits per heavy atom. The van der Waals surface area contributed by atoms with Crippen LogP contribution in [-0.4, -0.2) is 20.9 Å². The van der Waals surface area contributed by atoms with Crippen LogP contribution in [0.2, 0.25) is 0 Å². The lowest BCUT2D eigenvalue weighted by atomic mass is 10.1. The van der Waals surface area contributed by atoms with Crippen molar-refractivity contribution in [2.45, 2.75) is 0 Å².